The van der Waals surface area contributed by atoms with Gasteiger partial charge in [0.15, 0.2) is 19.7 Å². The van der Waals surface area contributed by atoms with Crippen LogP contribution in [0, 0.1) is 0 Å². The highest BCUT2D eigenvalue weighted by Gasteiger charge is 2.16. The largest absolute Gasteiger partial charge is 0.326 e. The zero-order valence-corrected chi connectivity index (χ0v) is 19.0. The van der Waals surface area contributed by atoms with Crippen LogP contribution in [0.4, 0.5) is 0 Å². The molecule has 7 nitrogen and oxygen atoms in total. The Kier molecular flexibility index (Phi) is 8.99. The predicted molar refractivity (Wildman–Crippen MR) is 120 cm³/mol. The van der Waals surface area contributed by atoms with Gasteiger partial charge in [-0.15, -0.1) is 0 Å². The standard InChI is InChI=1S/C21H31N3O4S2/c1-24(12-2-14-29(25,26)20-8-4-18(16-22)5-9-20)13-3-15-30(27,28)21-10-6-19(17-23)7-11-21/h4-11H,2-3,12-17,22-23H2,1H3. The molecule has 4 N–H and O–H groups in total. The van der Waals surface area contributed by atoms with Gasteiger partial charge in [0.1, 0.15) is 0 Å². The van der Waals surface area contributed by atoms with E-state index in [2.05, 4.69) is 0 Å². The van der Waals surface area contributed by atoms with Gasteiger partial charge in [-0.25, -0.2) is 16.8 Å². The molecule has 0 saturated carbocycles. The minimum absolute atomic E-state index is 0.0467. The second kappa shape index (κ2) is 11.0. The van der Waals surface area contributed by atoms with Gasteiger partial charge >= 0.3 is 0 Å². The lowest BCUT2D eigenvalue weighted by Gasteiger charge is -2.16. The van der Waals surface area contributed by atoms with Crippen LogP contribution in [-0.2, 0) is 32.8 Å². The summed E-state index contributed by atoms with van der Waals surface area (Å²) in [5.74, 6) is 0.0935. The number of sulfone groups is 2. The number of nitrogens with two attached hydrogens (primary N) is 2. The van der Waals surface area contributed by atoms with Crippen LogP contribution < -0.4 is 11.5 Å². The Morgan fingerprint density at radius 3 is 1.30 bits per heavy atom. The van der Waals surface area contributed by atoms with E-state index in [1.54, 1.807) is 48.5 Å². The molecule has 0 aliphatic rings. The molecule has 0 unspecified atom stereocenters. The van der Waals surface area contributed by atoms with Crippen LogP contribution in [0.15, 0.2) is 58.3 Å². The second-order valence-electron chi connectivity index (χ2n) is 7.34. The van der Waals surface area contributed by atoms with Crippen molar-refractivity contribution in [2.45, 2.75) is 35.7 Å². The van der Waals surface area contributed by atoms with Gasteiger partial charge in [0.05, 0.1) is 21.3 Å². The van der Waals surface area contributed by atoms with Crippen molar-refractivity contribution in [1.82, 2.24) is 4.90 Å². The van der Waals surface area contributed by atoms with E-state index < -0.39 is 19.7 Å². The molecule has 0 aromatic heterocycles. The van der Waals surface area contributed by atoms with Gasteiger partial charge in [-0.2, -0.15) is 0 Å². The van der Waals surface area contributed by atoms with Crippen LogP contribution >= 0.6 is 0 Å². The molecule has 0 heterocycles. The van der Waals surface area contributed by atoms with Gasteiger partial charge in [0, 0.05) is 13.1 Å². The fourth-order valence-electron chi connectivity index (χ4n) is 3.06. The van der Waals surface area contributed by atoms with E-state index in [9.17, 15) is 16.8 Å². The third-order valence-electron chi connectivity index (χ3n) is 4.94. The van der Waals surface area contributed by atoms with Crippen LogP contribution in [0.2, 0.25) is 0 Å². The molecule has 166 valence electrons. The first-order valence-electron chi connectivity index (χ1n) is 9.90. The molecule has 2 aromatic carbocycles. The Balaban J connectivity index is 1.76. The first kappa shape index (κ1) is 24.5. The van der Waals surface area contributed by atoms with Crippen molar-refractivity contribution in [1.29, 1.82) is 0 Å². The summed E-state index contributed by atoms with van der Waals surface area (Å²) in [5.41, 5.74) is 12.8. The van der Waals surface area contributed by atoms with Crippen molar-refractivity contribution in [3.8, 4) is 0 Å². The Bertz CT molecular complexity index is 920. The highest BCUT2D eigenvalue weighted by molar-refractivity contribution is 7.91. The van der Waals surface area contributed by atoms with Gasteiger partial charge in [-0.3, -0.25) is 0 Å². The Morgan fingerprint density at radius 1 is 0.667 bits per heavy atom. The highest BCUT2D eigenvalue weighted by atomic mass is 32.2. The normalized spacial score (nSPS) is 12.4. The van der Waals surface area contributed by atoms with Crippen molar-refractivity contribution in [3.05, 3.63) is 59.7 Å². The van der Waals surface area contributed by atoms with E-state index in [1.165, 1.54) is 0 Å². The number of rotatable bonds is 12. The van der Waals surface area contributed by atoms with Gasteiger partial charge in [-0.1, -0.05) is 24.3 Å². The van der Waals surface area contributed by atoms with E-state index in [-0.39, 0.29) is 11.5 Å². The van der Waals surface area contributed by atoms with Gasteiger partial charge in [-0.05, 0) is 68.4 Å². The molecule has 30 heavy (non-hydrogen) atoms. The fourth-order valence-corrected chi connectivity index (χ4v) is 5.65. The summed E-state index contributed by atoms with van der Waals surface area (Å²) in [6, 6.07) is 13.3. The van der Waals surface area contributed by atoms with Crippen molar-refractivity contribution in [2.75, 3.05) is 31.6 Å². The molecule has 0 atom stereocenters. The van der Waals surface area contributed by atoms with E-state index in [0.29, 0.717) is 48.8 Å². The minimum Gasteiger partial charge on any atom is -0.326 e. The van der Waals surface area contributed by atoms with Crippen LogP contribution in [0.3, 0.4) is 0 Å². The van der Waals surface area contributed by atoms with Gasteiger partial charge in [0.25, 0.3) is 0 Å². The Hall–Kier alpha value is -1.78. The lowest BCUT2D eigenvalue weighted by molar-refractivity contribution is 0.336. The molecule has 0 saturated heterocycles. The fraction of sp³-hybridized carbons (Fsp3) is 0.429. The smallest absolute Gasteiger partial charge is 0.178 e. The molecule has 0 spiro atoms. The molecule has 0 radical (unpaired) electrons. The average Bonchev–Trinajstić information content (AvgIpc) is 2.73. The average molecular weight is 454 g/mol. The maximum Gasteiger partial charge on any atom is 0.178 e. The summed E-state index contributed by atoms with van der Waals surface area (Å²) in [6.45, 7) is 1.90. The van der Waals surface area contributed by atoms with Gasteiger partial charge < -0.3 is 16.4 Å². The first-order valence-corrected chi connectivity index (χ1v) is 13.2. The van der Waals surface area contributed by atoms with Crippen LogP contribution in [0.5, 0.6) is 0 Å². The summed E-state index contributed by atoms with van der Waals surface area (Å²) in [4.78, 5) is 2.56. The van der Waals surface area contributed by atoms with Crippen LogP contribution in [0.25, 0.3) is 0 Å². The molecule has 2 rings (SSSR count). The summed E-state index contributed by atoms with van der Waals surface area (Å²) < 4.78 is 49.7. The topological polar surface area (TPSA) is 124 Å². The van der Waals surface area contributed by atoms with Crippen molar-refractivity contribution in [2.24, 2.45) is 11.5 Å². The Morgan fingerprint density at radius 2 is 1.00 bits per heavy atom. The SMILES string of the molecule is CN(CCCS(=O)(=O)c1ccc(CN)cc1)CCCS(=O)(=O)c1ccc(CN)cc1. The summed E-state index contributed by atoms with van der Waals surface area (Å²) in [7, 11) is -4.81. The molecule has 0 aliphatic carbocycles. The van der Waals surface area contributed by atoms with Crippen molar-refractivity contribution in [3.63, 3.8) is 0 Å². The Labute approximate surface area is 179 Å². The molecule has 2 aromatic rings. The van der Waals surface area contributed by atoms with E-state index in [4.69, 9.17) is 11.5 Å². The lowest BCUT2D eigenvalue weighted by Crippen LogP contribution is -2.24. The van der Waals surface area contributed by atoms with Crippen molar-refractivity contribution >= 4 is 19.7 Å². The lowest BCUT2D eigenvalue weighted by atomic mass is 10.2. The molecular formula is C21H31N3O4S2. The molecule has 9 heteroatoms. The van der Waals surface area contributed by atoms with E-state index >= 15 is 0 Å². The minimum atomic E-state index is -3.34. The number of nitrogens with zero attached hydrogens (tertiary/aromatic N) is 1. The van der Waals surface area contributed by atoms with Crippen molar-refractivity contribution < 1.29 is 16.8 Å². The third kappa shape index (κ3) is 7.17. The molecular weight excluding hydrogens is 422 g/mol. The van der Waals surface area contributed by atoms with E-state index in [0.717, 1.165) is 11.1 Å². The molecule has 0 bridgehead atoms. The molecule has 0 aliphatic heterocycles. The monoisotopic (exact) mass is 453 g/mol. The second-order valence-corrected chi connectivity index (χ2v) is 11.6. The van der Waals surface area contributed by atoms with Gasteiger partial charge in [0.2, 0.25) is 0 Å². The predicted octanol–water partition coefficient (Wildman–Crippen LogP) is 1.56. The number of hydrogen-bond donors (Lipinski definition) is 2. The molecule has 0 fully saturated rings. The summed E-state index contributed by atoms with van der Waals surface area (Å²) in [5, 5.41) is 0. The maximum absolute atomic E-state index is 12.4. The summed E-state index contributed by atoms with van der Waals surface area (Å²) >= 11 is 0. The van der Waals surface area contributed by atoms with Crippen LogP contribution in [-0.4, -0.2) is 53.4 Å². The van der Waals surface area contributed by atoms with E-state index in [1.807, 2.05) is 11.9 Å². The number of hydrogen-bond acceptors (Lipinski definition) is 7. The highest BCUT2D eigenvalue weighted by Crippen LogP contribution is 2.15. The first-order chi connectivity index (χ1) is 14.2. The summed E-state index contributed by atoms with van der Waals surface area (Å²) in [6.07, 6.45) is 0.954. The third-order valence-corrected chi connectivity index (χ3v) is 8.58. The molecule has 0 amide bonds. The quantitative estimate of drug-likeness (QED) is 0.500. The van der Waals surface area contributed by atoms with Crippen LogP contribution in [0.1, 0.15) is 24.0 Å². The zero-order chi connectivity index (χ0) is 22.2. The maximum atomic E-state index is 12.4. The number of benzene rings is 2. The zero-order valence-electron chi connectivity index (χ0n) is 17.3.